The van der Waals surface area contributed by atoms with Crippen LogP contribution in [-0.2, 0) is 6.54 Å². The summed E-state index contributed by atoms with van der Waals surface area (Å²) in [6.07, 6.45) is 6.13. The van der Waals surface area contributed by atoms with Crippen LogP contribution in [0.15, 0.2) is 12.5 Å². The average molecular weight is 211 g/mol. The third-order valence-corrected chi connectivity index (χ3v) is 3.75. The lowest BCUT2D eigenvalue weighted by molar-refractivity contribution is 0.423. The fourth-order valence-electron chi connectivity index (χ4n) is 1.67. The zero-order chi connectivity index (χ0) is 9.97. The van der Waals surface area contributed by atoms with Gasteiger partial charge in [0.1, 0.15) is 0 Å². The van der Waals surface area contributed by atoms with Gasteiger partial charge in [-0.25, -0.2) is 4.98 Å². The van der Waals surface area contributed by atoms with E-state index in [2.05, 4.69) is 28.0 Å². The van der Waals surface area contributed by atoms with Crippen molar-refractivity contribution in [3.8, 4) is 0 Å². The third kappa shape index (κ3) is 1.96. The van der Waals surface area contributed by atoms with Crippen molar-refractivity contribution < 1.29 is 0 Å². The summed E-state index contributed by atoms with van der Waals surface area (Å²) >= 11 is 1.90. The van der Waals surface area contributed by atoms with Gasteiger partial charge in [0, 0.05) is 42.7 Å². The first-order chi connectivity index (χ1) is 6.81. The van der Waals surface area contributed by atoms with E-state index in [-0.39, 0.29) is 0 Å². The minimum Gasteiger partial charge on any atom is -0.333 e. The Kier molecular flexibility index (Phi) is 3.13. The summed E-state index contributed by atoms with van der Waals surface area (Å²) in [5.41, 5.74) is 1.39. The normalized spacial score (nSPS) is 19.3. The van der Waals surface area contributed by atoms with Crippen LogP contribution in [0.2, 0.25) is 0 Å². The summed E-state index contributed by atoms with van der Waals surface area (Å²) in [6.45, 7) is 5.55. The lowest BCUT2D eigenvalue weighted by Crippen LogP contribution is -2.41. The van der Waals surface area contributed by atoms with Gasteiger partial charge in [-0.05, 0) is 6.26 Å². The highest BCUT2D eigenvalue weighted by Gasteiger charge is 2.22. The number of nitrogens with zero attached hydrogens (tertiary/aromatic N) is 2. The Morgan fingerprint density at radius 1 is 1.71 bits per heavy atom. The van der Waals surface area contributed by atoms with Gasteiger partial charge in [0.2, 0.25) is 0 Å². The molecule has 0 saturated carbocycles. The van der Waals surface area contributed by atoms with E-state index in [1.54, 1.807) is 0 Å². The predicted molar refractivity (Wildman–Crippen MR) is 60.8 cm³/mol. The molecule has 0 aliphatic carbocycles. The highest BCUT2D eigenvalue weighted by Crippen LogP contribution is 2.20. The van der Waals surface area contributed by atoms with Crippen molar-refractivity contribution in [3.05, 3.63) is 18.2 Å². The third-order valence-electron chi connectivity index (χ3n) is 2.80. The smallest absolute Gasteiger partial charge is 0.0948 e. The van der Waals surface area contributed by atoms with Crippen molar-refractivity contribution in [1.82, 2.24) is 14.9 Å². The van der Waals surface area contributed by atoms with Crippen molar-refractivity contribution >= 4 is 11.8 Å². The number of hydrogen-bond acceptors (Lipinski definition) is 3. The maximum absolute atomic E-state index is 4.24. The van der Waals surface area contributed by atoms with Crippen LogP contribution in [0.25, 0.3) is 0 Å². The first-order valence-electron chi connectivity index (χ1n) is 5.04. The standard InChI is InChI=1S/C10H17N3S/c1-8(14-2)6-13-7-12-5-10(13)9-3-11-4-9/h5,7-9,11H,3-4,6H2,1-2H3. The largest absolute Gasteiger partial charge is 0.333 e. The van der Waals surface area contributed by atoms with Crippen LogP contribution >= 0.6 is 11.8 Å². The maximum Gasteiger partial charge on any atom is 0.0948 e. The molecule has 0 bridgehead atoms. The zero-order valence-corrected chi connectivity index (χ0v) is 9.55. The Labute approximate surface area is 89.3 Å². The summed E-state index contributed by atoms with van der Waals surface area (Å²) in [4.78, 5) is 4.24. The Bertz CT molecular complexity index is 293. The van der Waals surface area contributed by atoms with Crippen LogP contribution in [0.1, 0.15) is 18.5 Å². The van der Waals surface area contributed by atoms with Crippen LogP contribution in [0.4, 0.5) is 0 Å². The van der Waals surface area contributed by atoms with E-state index in [0.29, 0.717) is 11.2 Å². The molecule has 0 spiro atoms. The highest BCUT2D eigenvalue weighted by atomic mass is 32.2. The molecule has 0 amide bonds. The van der Waals surface area contributed by atoms with Gasteiger partial charge < -0.3 is 9.88 Å². The topological polar surface area (TPSA) is 29.9 Å². The van der Waals surface area contributed by atoms with Gasteiger partial charge in [-0.2, -0.15) is 11.8 Å². The molecule has 4 heteroatoms. The molecule has 1 fully saturated rings. The van der Waals surface area contributed by atoms with E-state index in [0.717, 1.165) is 19.6 Å². The SMILES string of the molecule is CSC(C)Cn1cncc1C1CNC1. The molecule has 1 N–H and O–H groups in total. The van der Waals surface area contributed by atoms with Crippen LogP contribution in [0, 0.1) is 0 Å². The lowest BCUT2D eigenvalue weighted by atomic mass is 10.00. The van der Waals surface area contributed by atoms with Gasteiger partial charge >= 0.3 is 0 Å². The highest BCUT2D eigenvalue weighted by molar-refractivity contribution is 7.99. The number of hydrogen-bond donors (Lipinski definition) is 1. The molecule has 1 saturated heterocycles. The summed E-state index contributed by atoms with van der Waals surface area (Å²) in [7, 11) is 0. The monoisotopic (exact) mass is 211 g/mol. The molecule has 1 aliphatic heterocycles. The van der Waals surface area contributed by atoms with Gasteiger partial charge in [-0.15, -0.1) is 0 Å². The van der Waals surface area contributed by atoms with Gasteiger partial charge in [-0.1, -0.05) is 6.92 Å². The van der Waals surface area contributed by atoms with Crippen molar-refractivity contribution in [2.75, 3.05) is 19.3 Å². The van der Waals surface area contributed by atoms with E-state index in [4.69, 9.17) is 0 Å². The number of imidazole rings is 1. The van der Waals surface area contributed by atoms with Crippen LogP contribution < -0.4 is 5.32 Å². The molecule has 1 unspecified atom stereocenters. The Morgan fingerprint density at radius 2 is 2.50 bits per heavy atom. The molecule has 14 heavy (non-hydrogen) atoms. The van der Waals surface area contributed by atoms with E-state index >= 15 is 0 Å². The number of nitrogens with one attached hydrogen (secondary N) is 1. The Hall–Kier alpha value is -0.480. The molecular weight excluding hydrogens is 194 g/mol. The van der Waals surface area contributed by atoms with Crippen LogP contribution in [0.3, 0.4) is 0 Å². The van der Waals surface area contributed by atoms with Gasteiger partial charge in [0.25, 0.3) is 0 Å². The Balaban J connectivity index is 2.05. The molecule has 1 atom stereocenters. The van der Waals surface area contributed by atoms with E-state index < -0.39 is 0 Å². The molecular formula is C10H17N3S. The second-order valence-corrected chi connectivity index (χ2v) is 5.15. The average Bonchev–Trinajstić information content (AvgIpc) is 2.50. The van der Waals surface area contributed by atoms with Gasteiger partial charge in [0.15, 0.2) is 0 Å². The summed E-state index contributed by atoms with van der Waals surface area (Å²) in [5, 5.41) is 3.96. The van der Waals surface area contributed by atoms with Crippen LogP contribution in [0.5, 0.6) is 0 Å². The van der Waals surface area contributed by atoms with Crippen molar-refractivity contribution in [2.45, 2.75) is 24.6 Å². The van der Waals surface area contributed by atoms with E-state index in [1.807, 2.05) is 24.3 Å². The van der Waals surface area contributed by atoms with Gasteiger partial charge in [-0.3, -0.25) is 0 Å². The second-order valence-electron chi connectivity index (χ2n) is 3.87. The lowest BCUT2D eigenvalue weighted by Gasteiger charge is -2.28. The van der Waals surface area contributed by atoms with E-state index in [1.165, 1.54) is 5.69 Å². The van der Waals surface area contributed by atoms with Crippen molar-refractivity contribution in [2.24, 2.45) is 0 Å². The first kappa shape index (κ1) is 10.1. The quantitative estimate of drug-likeness (QED) is 0.814. The fraction of sp³-hybridized carbons (Fsp3) is 0.700. The van der Waals surface area contributed by atoms with Crippen LogP contribution in [-0.4, -0.2) is 34.1 Å². The molecule has 1 aliphatic rings. The zero-order valence-electron chi connectivity index (χ0n) is 8.73. The summed E-state index contributed by atoms with van der Waals surface area (Å²) in [6, 6.07) is 0. The number of thioether (sulfide) groups is 1. The molecule has 78 valence electrons. The molecule has 0 aromatic carbocycles. The number of aromatic nitrogens is 2. The molecule has 0 radical (unpaired) electrons. The van der Waals surface area contributed by atoms with Gasteiger partial charge in [0.05, 0.1) is 6.33 Å². The predicted octanol–water partition coefficient (Wildman–Crippen LogP) is 1.32. The Morgan fingerprint density at radius 3 is 3.07 bits per heavy atom. The number of rotatable bonds is 4. The molecule has 2 rings (SSSR count). The van der Waals surface area contributed by atoms with E-state index in [9.17, 15) is 0 Å². The first-order valence-corrected chi connectivity index (χ1v) is 6.33. The minimum absolute atomic E-state index is 0.663. The maximum atomic E-state index is 4.24. The molecule has 1 aromatic rings. The molecule has 2 heterocycles. The molecule has 1 aromatic heterocycles. The summed E-state index contributed by atoms with van der Waals surface area (Å²) < 4.78 is 2.30. The minimum atomic E-state index is 0.663. The molecule has 3 nitrogen and oxygen atoms in total. The van der Waals surface area contributed by atoms with Crippen molar-refractivity contribution in [3.63, 3.8) is 0 Å². The second kappa shape index (κ2) is 4.36. The van der Waals surface area contributed by atoms with Crippen molar-refractivity contribution in [1.29, 1.82) is 0 Å². The summed E-state index contributed by atoms with van der Waals surface area (Å²) in [5.74, 6) is 0.687. The fourth-order valence-corrected chi connectivity index (χ4v) is 1.98.